The molecule has 0 saturated carbocycles. The Morgan fingerprint density at radius 2 is 2.00 bits per heavy atom. The zero-order valence-corrected chi connectivity index (χ0v) is 14.0. The van der Waals surface area contributed by atoms with E-state index < -0.39 is 11.9 Å². The second kappa shape index (κ2) is 6.80. The highest BCUT2D eigenvalue weighted by Gasteiger charge is 2.43. The number of furan rings is 1. The molecular formula is C18H18N2O5. The molecule has 1 saturated heterocycles. The molecule has 1 aliphatic rings. The summed E-state index contributed by atoms with van der Waals surface area (Å²) in [6.07, 6.45) is 1.45. The Labute approximate surface area is 144 Å². The first kappa shape index (κ1) is 16.8. The van der Waals surface area contributed by atoms with Crippen LogP contribution in [-0.2, 0) is 20.9 Å². The molecule has 1 aromatic carbocycles. The molecule has 2 aromatic rings. The molecular weight excluding hydrogens is 324 g/mol. The largest absolute Gasteiger partial charge is 0.497 e. The van der Waals surface area contributed by atoms with Crippen molar-refractivity contribution < 1.29 is 23.5 Å². The average molecular weight is 342 g/mol. The molecule has 0 aliphatic carbocycles. The molecule has 3 amide bonds. The van der Waals surface area contributed by atoms with Crippen LogP contribution in [0.1, 0.15) is 19.1 Å². The number of rotatable bonds is 5. The quantitative estimate of drug-likeness (QED) is 0.776. The molecule has 0 spiro atoms. The molecule has 1 atom stereocenters. The van der Waals surface area contributed by atoms with E-state index in [0.29, 0.717) is 17.2 Å². The first-order chi connectivity index (χ1) is 12.0. The minimum absolute atomic E-state index is 0.0504. The normalized spacial score (nSPS) is 17.0. The number of imide groups is 1. The third-order valence-corrected chi connectivity index (χ3v) is 4.14. The zero-order valence-electron chi connectivity index (χ0n) is 14.0. The predicted molar refractivity (Wildman–Crippen MR) is 88.8 cm³/mol. The maximum absolute atomic E-state index is 12.8. The summed E-state index contributed by atoms with van der Waals surface area (Å²) in [5, 5.41) is 0. The lowest BCUT2D eigenvalue weighted by Crippen LogP contribution is -2.44. The third kappa shape index (κ3) is 3.26. The minimum Gasteiger partial charge on any atom is -0.497 e. The van der Waals surface area contributed by atoms with Gasteiger partial charge >= 0.3 is 0 Å². The van der Waals surface area contributed by atoms with Gasteiger partial charge in [0.15, 0.2) is 0 Å². The van der Waals surface area contributed by atoms with E-state index >= 15 is 0 Å². The molecule has 0 unspecified atom stereocenters. The van der Waals surface area contributed by atoms with Crippen LogP contribution in [0, 0.1) is 0 Å². The van der Waals surface area contributed by atoms with E-state index in [4.69, 9.17) is 9.15 Å². The summed E-state index contributed by atoms with van der Waals surface area (Å²) in [4.78, 5) is 39.7. The Bertz CT molecular complexity index is 782. The van der Waals surface area contributed by atoms with Gasteiger partial charge in [-0.15, -0.1) is 0 Å². The van der Waals surface area contributed by atoms with Crippen LogP contribution in [0.4, 0.5) is 5.69 Å². The number of carbonyl (C=O) groups is 3. The summed E-state index contributed by atoms with van der Waals surface area (Å²) in [6.45, 7) is 1.51. The van der Waals surface area contributed by atoms with Gasteiger partial charge in [-0.1, -0.05) is 0 Å². The summed E-state index contributed by atoms with van der Waals surface area (Å²) in [5.74, 6) is 0.128. The second-order valence-corrected chi connectivity index (χ2v) is 5.71. The Hall–Kier alpha value is -3.09. The number of methoxy groups -OCH3 is 1. The molecule has 2 heterocycles. The Kier molecular flexibility index (Phi) is 4.56. The molecule has 0 bridgehead atoms. The summed E-state index contributed by atoms with van der Waals surface area (Å²) in [6, 6.07) is 9.22. The van der Waals surface area contributed by atoms with Crippen molar-refractivity contribution >= 4 is 23.4 Å². The van der Waals surface area contributed by atoms with Gasteiger partial charge in [0, 0.05) is 6.92 Å². The molecule has 0 radical (unpaired) electrons. The fourth-order valence-electron chi connectivity index (χ4n) is 2.87. The van der Waals surface area contributed by atoms with E-state index in [9.17, 15) is 14.4 Å². The Morgan fingerprint density at radius 3 is 2.56 bits per heavy atom. The van der Waals surface area contributed by atoms with Gasteiger partial charge in [-0.25, -0.2) is 4.90 Å². The van der Waals surface area contributed by atoms with Crippen molar-refractivity contribution in [2.75, 3.05) is 12.0 Å². The number of hydrogen-bond acceptors (Lipinski definition) is 5. The number of nitrogens with zero attached hydrogens (tertiary/aromatic N) is 2. The first-order valence-electron chi connectivity index (χ1n) is 7.81. The van der Waals surface area contributed by atoms with E-state index in [1.54, 1.807) is 36.4 Å². The number of benzene rings is 1. The van der Waals surface area contributed by atoms with Crippen LogP contribution in [0.15, 0.2) is 47.1 Å². The molecule has 1 fully saturated rings. The number of ether oxygens (including phenoxy) is 1. The molecule has 1 aromatic heterocycles. The molecule has 1 aliphatic heterocycles. The summed E-state index contributed by atoms with van der Waals surface area (Å²) >= 11 is 0. The van der Waals surface area contributed by atoms with Crippen molar-refractivity contribution in [3.63, 3.8) is 0 Å². The van der Waals surface area contributed by atoms with Gasteiger partial charge in [0.05, 0.1) is 32.0 Å². The smallest absolute Gasteiger partial charge is 0.257 e. The van der Waals surface area contributed by atoms with Crippen molar-refractivity contribution in [3.05, 3.63) is 48.4 Å². The van der Waals surface area contributed by atoms with E-state index in [2.05, 4.69) is 0 Å². The van der Waals surface area contributed by atoms with Crippen molar-refractivity contribution in [1.82, 2.24) is 4.90 Å². The van der Waals surface area contributed by atoms with Crippen LogP contribution in [0.25, 0.3) is 0 Å². The number of anilines is 1. The van der Waals surface area contributed by atoms with E-state index in [1.807, 2.05) is 0 Å². The highest BCUT2D eigenvalue weighted by Crippen LogP contribution is 2.28. The van der Waals surface area contributed by atoms with Crippen molar-refractivity contribution in [2.45, 2.75) is 25.9 Å². The summed E-state index contributed by atoms with van der Waals surface area (Å²) in [7, 11) is 1.54. The summed E-state index contributed by atoms with van der Waals surface area (Å²) in [5.41, 5.74) is 0.458. The molecule has 130 valence electrons. The number of amides is 3. The lowest BCUT2D eigenvalue weighted by molar-refractivity contribution is -0.137. The van der Waals surface area contributed by atoms with E-state index in [1.165, 1.54) is 25.2 Å². The SMILES string of the molecule is COc1ccc(N2C(=O)C[C@H](N(Cc3ccco3)C(C)=O)C2=O)cc1. The number of carbonyl (C=O) groups excluding carboxylic acids is 3. The monoisotopic (exact) mass is 342 g/mol. The van der Waals surface area contributed by atoms with Crippen molar-refractivity contribution in [2.24, 2.45) is 0 Å². The Balaban J connectivity index is 1.84. The van der Waals surface area contributed by atoms with Crippen LogP contribution in [0.5, 0.6) is 5.75 Å². The molecule has 7 nitrogen and oxygen atoms in total. The fraction of sp³-hybridized carbons (Fsp3) is 0.278. The van der Waals surface area contributed by atoms with Gasteiger partial charge in [-0.05, 0) is 36.4 Å². The predicted octanol–water partition coefficient (Wildman–Crippen LogP) is 1.97. The standard InChI is InChI=1S/C18H18N2O5/c1-12(21)19(11-15-4-3-9-25-15)16-10-17(22)20(18(16)23)13-5-7-14(24-2)8-6-13/h3-9,16H,10-11H2,1-2H3/t16-/m0/s1. The average Bonchev–Trinajstić information content (AvgIpc) is 3.20. The molecule has 7 heteroatoms. The van der Waals surface area contributed by atoms with E-state index in [-0.39, 0.29) is 24.8 Å². The van der Waals surface area contributed by atoms with Gasteiger partial charge in [0.1, 0.15) is 17.6 Å². The second-order valence-electron chi connectivity index (χ2n) is 5.71. The van der Waals surface area contributed by atoms with Crippen LogP contribution in [0.2, 0.25) is 0 Å². The first-order valence-corrected chi connectivity index (χ1v) is 7.81. The lowest BCUT2D eigenvalue weighted by Gasteiger charge is -2.25. The minimum atomic E-state index is -0.836. The highest BCUT2D eigenvalue weighted by atomic mass is 16.5. The molecule has 3 rings (SSSR count). The number of hydrogen-bond donors (Lipinski definition) is 0. The Morgan fingerprint density at radius 1 is 1.28 bits per heavy atom. The summed E-state index contributed by atoms with van der Waals surface area (Å²) < 4.78 is 10.3. The van der Waals surface area contributed by atoms with E-state index in [0.717, 1.165) is 4.90 Å². The molecule has 25 heavy (non-hydrogen) atoms. The van der Waals surface area contributed by atoms with Gasteiger partial charge in [0.25, 0.3) is 5.91 Å². The lowest BCUT2D eigenvalue weighted by atomic mass is 10.2. The van der Waals surface area contributed by atoms with Crippen molar-refractivity contribution in [3.8, 4) is 5.75 Å². The van der Waals surface area contributed by atoms with Crippen LogP contribution >= 0.6 is 0 Å². The maximum Gasteiger partial charge on any atom is 0.257 e. The molecule has 0 N–H and O–H groups in total. The van der Waals surface area contributed by atoms with Crippen LogP contribution < -0.4 is 9.64 Å². The van der Waals surface area contributed by atoms with Gasteiger partial charge < -0.3 is 14.1 Å². The van der Waals surface area contributed by atoms with Gasteiger partial charge in [-0.2, -0.15) is 0 Å². The fourth-order valence-corrected chi connectivity index (χ4v) is 2.87. The zero-order chi connectivity index (χ0) is 18.0. The third-order valence-electron chi connectivity index (χ3n) is 4.14. The highest BCUT2D eigenvalue weighted by molar-refractivity contribution is 6.23. The maximum atomic E-state index is 12.8. The van der Waals surface area contributed by atoms with Gasteiger partial charge in [0.2, 0.25) is 11.8 Å². The van der Waals surface area contributed by atoms with Crippen molar-refractivity contribution in [1.29, 1.82) is 0 Å². The topological polar surface area (TPSA) is 80.1 Å². The van der Waals surface area contributed by atoms with Crippen LogP contribution in [-0.4, -0.2) is 35.8 Å². The van der Waals surface area contributed by atoms with Gasteiger partial charge in [-0.3, -0.25) is 14.4 Å². The van der Waals surface area contributed by atoms with Crippen LogP contribution in [0.3, 0.4) is 0 Å².